The van der Waals surface area contributed by atoms with Crippen molar-refractivity contribution in [3.63, 3.8) is 0 Å². The third-order valence-corrected chi connectivity index (χ3v) is 3.82. The van der Waals surface area contributed by atoms with Crippen LogP contribution in [-0.4, -0.2) is 47.4 Å². The summed E-state index contributed by atoms with van der Waals surface area (Å²) in [4.78, 5) is 25.0. The molecule has 25 heavy (non-hydrogen) atoms. The Morgan fingerprint density at radius 1 is 1.36 bits per heavy atom. The number of carboxylic acid groups (broad SMARTS) is 1. The zero-order valence-corrected chi connectivity index (χ0v) is 14.8. The van der Waals surface area contributed by atoms with E-state index in [-0.39, 0.29) is 29.9 Å². The monoisotopic (exact) mass is 353 g/mol. The Labute approximate surface area is 146 Å². The number of nitrogens with zero attached hydrogens (tertiary/aromatic N) is 1. The molecule has 7 heteroatoms. The molecule has 0 spiro atoms. The average Bonchev–Trinajstić information content (AvgIpc) is 2.52. The van der Waals surface area contributed by atoms with Crippen LogP contribution >= 0.6 is 0 Å². The van der Waals surface area contributed by atoms with Crippen LogP contribution in [-0.2, 0) is 4.74 Å². The second kappa shape index (κ2) is 7.72. The Morgan fingerprint density at radius 2 is 2.08 bits per heavy atom. The SMILES string of the molecule is CC(C)(C)OC(=O)N1CCC[C@@H](COc2ccc(F)cc2C(=O)O)C1. The van der Waals surface area contributed by atoms with Gasteiger partial charge in [-0.15, -0.1) is 0 Å². The molecule has 6 nitrogen and oxygen atoms in total. The molecule has 0 aromatic heterocycles. The highest BCUT2D eigenvalue weighted by atomic mass is 19.1. The highest BCUT2D eigenvalue weighted by Crippen LogP contribution is 2.24. The fourth-order valence-electron chi connectivity index (χ4n) is 2.70. The maximum atomic E-state index is 13.2. The smallest absolute Gasteiger partial charge is 0.410 e. The predicted octanol–water partition coefficient (Wildman–Crippen LogP) is 3.55. The van der Waals surface area contributed by atoms with E-state index in [1.807, 2.05) is 20.8 Å². The van der Waals surface area contributed by atoms with Crippen molar-refractivity contribution in [2.45, 2.75) is 39.2 Å². The standard InChI is InChI=1S/C18H24FNO5/c1-18(2,3)25-17(23)20-8-4-5-12(10-20)11-24-15-7-6-13(19)9-14(15)16(21)22/h6-7,9,12H,4-5,8,10-11H2,1-3H3,(H,21,22)/t12-/m1/s1. The first-order chi connectivity index (χ1) is 11.7. The van der Waals surface area contributed by atoms with Crippen molar-refractivity contribution in [1.29, 1.82) is 0 Å². The fraction of sp³-hybridized carbons (Fsp3) is 0.556. The summed E-state index contributed by atoms with van der Waals surface area (Å²) >= 11 is 0. The summed E-state index contributed by atoms with van der Waals surface area (Å²) in [6, 6.07) is 3.41. The number of carboxylic acids is 1. The van der Waals surface area contributed by atoms with Crippen LogP contribution in [0.15, 0.2) is 18.2 Å². The van der Waals surface area contributed by atoms with E-state index in [2.05, 4.69) is 0 Å². The number of hydrogen-bond donors (Lipinski definition) is 1. The van der Waals surface area contributed by atoms with Gasteiger partial charge in [-0.05, 0) is 51.8 Å². The molecule has 1 aliphatic heterocycles. The van der Waals surface area contributed by atoms with E-state index >= 15 is 0 Å². The minimum atomic E-state index is -1.24. The Morgan fingerprint density at radius 3 is 2.72 bits per heavy atom. The first kappa shape index (κ1) is 19.0. The Bertz CT molecular complexity index is 641. The zero-order valence-electron chi connectivity index (χ0n) is 14.8. The largest absolute Gasteiger partial charge is 0.492 e. The average molecular weight is 353 g/mol. The van der Waals surface area contributed by atoms with E-state index in [1.165, 1.54) is 6.07 Å². The molecule has 0 saturated carbocycles. The van der Waals surface area contributed by atoms with Crippen LogP contribution in [0.25, 0.3) is 0 Å². The molecule has 1 saturated heterocycles. The Hall–Kier alpha value is -2.31. The molecule has 1 N–H and O–H groups in total. The van der Waals surface area contributed by atoms with Crippen molar-refractivity contribution in [3.05, 3.63) is 29.6 Å². The molecule has 1 aromatic rings. The Balaban J connectivity index is 1.95. The summed E-state index contributed by atoms with van der Waals surface area (Å²) in [5.41, 5.74) is -0.759. The number of ether oxygens (including phenoxy) is 2. The van der Waals surface area contributed by atoms with Crippen molar-refractivity contribution in [2.24, 2.45) is 5.92 Å². The van der Waals surface area contributed by atoms with Crippen molar-refractivity contribution >= 4 is 12.1 Å². The maximum Gasteiger partial charge on any atom is 0.410 e. The number of rotatable bonds is 4. The van der Waals surface area contributed by atoms with Gasteiger partial charge in [-0.2, -0.15) is 0 Å². The van der Waals surface area contributed by atoms with E-state index in [9.17, 15) is 14.0 Å². The lowest BCUT2D eigenvalue weighted by atomic mass is 9.99. The topological polar surface area (TPSA) is 76.1 Å². The lowest BCUT2D eigenvalue weighted by Crippen LogP contribution is -2.44. The van der Waals surface area contributed by atoms with Crippen molar-refractivity contribution in [2.75, 3.05) is 19.7 Å². The molecule has 2 rings (SSSR count). The van der Waals surface area contributed by atoms with Crippen molar-refractivity contribution < 1.29 is 28.6 Å². The third kappa shape index (κ3) is 5.62. The molecule has 1 amide bonds. The van der Waals surface area contributed by atoms with Gasteiger partial charge in [0.25, 0.3) is 0 Å². The molecule has 1 heterocycles. The van der Waals surface area contributed by atoms with E-state index in [4.69, 9.17) is 14.6 Å². The molecule has 0 aliphatic carbocycles. The van der Waals surface area contributed by atoms with Gasteiger partial charge in [-0.1, -0.05) is 0 Å². The fourth-order valence-corrected chi connectivity index (χ4v) is 2.70. The number of piperidine rings is 1. The van der Waals surface area contributed by atoms with Crippen LogP contribution in [0, 0.1) is 11.7 Å². The van der Waals surface area contributed by atoms with Gasteiger partial charge in [0, 0.05) is 19.0 Å². The summed E-state index contributed by atoms with van der Waals surface area (Å²) < 4.78 is 24.2. The number of carbonyl (C=O) groups is 2. The number of carbonyl (C=O) groups excluding carboxylic acids is 1. The number of aromatic carboxylic acids is 1. The molecule has 0 bridgehead atoms. The number of benzene rings is 1. The van der Waals surface area contributed by atoms with Crippen LogP contribution in [0.4, 0.5) is 9.18 Å². The first-order valence-electron chi connectivity index (χ1n) is 8.29. The second-order valence-corrected chi connectivity index (χ2v) is 7.19. The van der Waals surface area contributed by atoms with E-state index in [0.29, 0.717) is 13.1 Å². The summed E-state index contributed by atoms with van der Waals surface area (Å²) in [6.45, 7) is 6.82. The van der Waals surface area contributed by atoms with Gasteiger partial charge in [-0.3, -0.25) is 0 Å². The molecular weight excluding hydrogens is 329 g/mol. The van der Waals surface area contributed by atoms with Gasteiger partial charge in [0.05, 0.1) is 6.61 Å². The normalized spacial score (nSPS) is 17.9. The molecule has 0 radical (unpaired) electrons. The number of likely N-dealkylation sites (tertiary alicyclic amines) is 1. The number of hydrogen-bond acceptors (Lipinski definition) is 4. The first-order valence-corrected chi connectivity index (χ1v) is 8.29. The van der Waals surface area contributed by atoms with Gasteiger partial charge >= 0.3 is 12.1 Å². The van der Waals surface area contributed by atoms with Crippen molar-refractivity contribution in [1.82, 2.24) is 4.90 Å². The van der Waals surface area contributed by atoms with E-state index in [1.54, 1.807) is 4.90 Å². The minimum Gasteiger partial charge on any atom is -0.492 e. The zero-order chi connectivity index (χ0) is 18.6. The molecule has 1 aliphatic rings. The molecule has 1 fully saturated rings. The predicted molar refractivity (Wildman–Crippen MR) is 89.4 cm³/mol. The lowest BCUT2D eigenvalue weighted by Gasteiger charge is -2.34. The van der Waals surface area contributed by atoms with Crippen LogP contribution in [0.2, 0.25) is 0 Å². The quantitative estimate of drug-likeness (QED) is 0.896. The van der Waals surface area contributed by atoms with Crippen LogP contribution < -0.4 is 4.74 Å². The van der Waals surface area contributed by atoms with Gasteiger partial charge < -0.3 is 19.5 Å². The second-order valence-electron chi connectivity index (χ2n) is 7.19. The molecular formula is C18H24FNO5. The molecule has 0 unspecified atom stereocenters. The summed E-state index contributed by atoms with van der Waals surface area (Å²) in [5, 5.41) is 9.13. The molecule has 1 aromatic carbocycles. The van der Waals surface area contributed by atoms with Gasteiger partial charge in [0.2, 0.25) is 0 Å². The number of amides is 1. The molecule has 1 atom stereocenters. The number of halogens is 1. The Kier molecular flexibility index (Phi) is 5.87. The summed E-state index contributed by atoms with van der Waals surface area (Å²) in [5.74, 6) is -1.68. The highest BCUT2D eigenvalue weighted by molar-refractivity contribution is 5.90. The van der Waals surface area contributed by atoms with Gasteiger partial charge in [0.1, 0.15) is 22.7 Å². The molecule has 138 valence electrons. The van der Waals surface area contributed by atoms with Gasteiger partial charge in [-0.25, -0.2) is 14.0 Å². The third-order valence-electron chi connectivity index (χ3n) is 3.82. The maximum absolute atomic E-state index is 13.2. The van der Waals surface area contributed by atoms with Crippen LogP contribution in [0.1, 0.15) is 44.0 Å². The highest BCUT2D eigenvalue weighted by Gasteiger charge is 2.28. The van der Waals surface area contributed by atoms with E-state index in [0.717, 1.165) is 25.0 Å². The van der Waals surface area contributed by atoms with Crippen molar-refractivity contribution in [3.8, 4) is 5.75 Å². The lowest BCUT2D eigenvalue weighted by molar-refractivity contribution is 0.0139. The summed E-state index contributed by atoms with van der Waals surface area (Å²) in [7, 11) is 0. The van der Waals surface area contributed by atoms with Crippen LogP contribution in [0.5, 0.6) is 5.75 Å². The minimum absolute atomic E-state index is 0.0629. The summed E-state index contributed by atoms with van der Waals surface area (Å²) in [6.07, 6.45) is 1.33. The van der Waals surface area contributed by atoms with Crippen LogP contribution in [0.3, 0.4) is 0 Å². The van der Waals surface area contributed by atoms with Gasteiger partial charge in [0.15, 0.2) is 0 Å². The van der Waals surface area contributed by atoms with E-state index < -0.39 is 17.4 Å².